The SMILES string of the molecule is CCCC(NC)C(=O)C(=O)NCc1cccnc1. The summed E-state index contributed by atoms with van der Waals surface area (Å²) in [6.45, 7) is 2.30. The highest BCUT2D eigenvalue weighted by molar-refractivity contribution is 6.38. The molecule has 1 aromatic rings. The Kier molecular flexibility index (Phi) is 6.00. The number of hydrogen-bond acceptors (Lipinski definition) is 4. The van der Waals surface area contributed by atoms with Crippen molar-refractivity contribution in [2.24, 2.45) is 0 Å². The number of rotatable bonds is 7. The van der Waals surface area contributed by atoms with Crippen LogP contribution in [0.3, 0.4) is 0 Å². The van der Waals surface area contributed by atoms with E-state index in [1.54, 1.807) is 25.5 Å². The van der Waals surface area contributed by atoms with Crippen LogP contribution in [0, 0.1) is 0 Å². The lowest BCUT2D eigenvalue weighted by Gasteiger charge is -2.13. The standard InChI is InChI=1S/C13H19N3O2/c1-3-5-11(14-2)12(17)13(18)16-9-10-6-4-7-15-8-10/h4,6-8,11,14H,3,5,9H2,1-2H3,(H,16,18). The second-order valence-electron chi connectivity index (χ2n) is 4.04. The van der Waals surface area contributed by atoms with Gasteiger partial charge in [0.25, 0.3) is 5.91 Å². The highest BCUT2D eigenvalue weighted by atomic mass is 16.2. The summed E-state index contributed by atoms with van der Waals surface area (Å²) in [5.41, 5.74) is 0.871. The molecule has 1 heterocycles. The van der Waals surface area contributed by atoms with Crippen molar-refractivity contribution >= 4 is 11.7 Å². The number of hydrogen-bond donors (Lipinski definition) is 2. The van der Waals surface area contributed by atoms with Gasteiger partial charge in [-0.1, -0.05) is 19.4 Å². The number of nitrogens with one attached hydrogen (secondary N) is 2. The minimum absolute atomic E-state index is 0.320. The first-order valence-electron chi connectivity index (χ1n) is 6.07. The van der Waals surface area contributed by atoms with Crippen molar-refractivity contribution in [3.05, 3.63) is 30.1 Å². The van der Waals surface area contributed by atoms with Crippen molar-refractivity contribution in [1.29, 1.82) is 0 Å². The predicted molar refractivity (Wildman–Crippen MR) is 68.8 cm³/mol. The van der Waals surface area contributed by atoms with E-state index < -0.39 is 17.7 Å². The van der Waals surface area contributed by atoms with E-state index in [4.69, 9.17) is 0 Å². The van der Waals surface area contributed by atoms with Gasteiger partial charge in [-0.25, -0.2) is 0 Å². The maximum atomic E-state index is 11.8. The van der Waals surface area contributed by atoms with E-state index in [1.165, 1.54) is 0 Å². The Labute approximate surface area is 107 Å². The first-order chi connectivity index (χ1) is 8.69. The molecule has 5 heteroatoms. The van der Waals surface area contributed by atoms with Crippen LogP contribution in [0.5, 0.6) is 0 Å². The van der Waals surface area contributed by atoms with Crippen molar-refractivity contribution in [3.8, 4) is 0 Å². The summed E-state index contributed by atoms with van der Waals surface area (Å²) in [5.74, 6) is -0.963. The molecular formula is C13H19N3O2. The Bertz CT molecular complexity index is 392. The second-order valence-corrected chi connectivity index (χ2v) is 4.04. The van der Waals surface area contributed by atoms with Gasteiger partial charge < -0.3 is 10.6 Å². The number of carbonyl (C=O) groups excluding carboxylic acids is 2. The zero-order valence-corrected chi connectivity index (χ0v) is 10.8. The average Bonchev–Trinajstić information content (AvgIpc) is 2.42. The Morgan fingerprint density at radius 1 is 1.44 bits per heavy atom. The average molecular weight is 249 g/mol. The maximum Gasteiger partial charge on any atom is 0.289 e. The fourth-order valence-corrected chi connectivity index (χ4v) is 1.63. The molecule has 0 spiro atoms. The molecule has 0 aliphatic carbocycles. The number of carbonyl (C=O) groups is 2. The molecule has 1 rings (SSSR count). The molecule has 98 valence electrons. The van der Waals surface area contributed by atoms with Gasteiger partial charge in [-0.2, -0.15) is 0 Å². The van der Waals surface area contributed by atoms with Crippen LogP contribution in [-0.2, 0) is 16.1 Å². The second kappa shape index (κ2) is 7.55. The summed E-state index contributed by atoms with van der Waals surface area (Å²) in [5, 5.41) is 5.46. The normalized spacial score (nSPS) is 11.9. The summed E-state index contributed by atoms with van der Waals surface area (Å²) in [6, 6.07) is 3.24. The third-order valence-corrected chi connectivity index (χ3v) is 2.64. The number of amides is 1. The van der Waals surface area contributed by atoms with E-state index in [0.717, 1.165) is 12.0 Å². The Morgan fingerprint density at radius 3 is 2.78 bits per heavy atom. The number of pyridine rings is 1. The summed E-state index contributed by atoms with van der Waals surface area (Å²) in [4.78, 5) is 27.4. The molecule has 0 saturated carbocycles. The number of likely N-dealkylation sites (N-methyl/N-ethyl adjacent to an activating group) is 1. The van der Waals surface area contributed by atoms with Crippen molar-refractivity contribution in [2.45, 2.75) is 32.4 Å². The van der Waals surface area contributed by atoms with Crippen molar-refractivity contribution in [2.75, 3.05) is 7.05 Å². The summed E-state index contributed by atoms with van der Waals surface area (Å²) >= 11 is 0. The van der Waals surface area contributed by atoms with Gasteiger partial charge in [0.15, 0.2) is 0 Å². The summed E-state index contributed by atoms with van der Waals surface area (Å²) < 4.78 is 0. The largest absolute Gasteiger partial charge is 0.345 e. The minimum Gasteiger partial charge on any atom is -0.345 e. The highest BCUT2D eigenvalue weighted by Gasteiger charge is 2.22. The molecule has 1 atom stereocenters. The third-order valence-electron chi connectivity index (χ3n) is 2.64. The van der Waals surface area contributed by atoms with E-state index in [0.29, 0.717) is 13.0 Å². The van der Waals surface area contributed by atoms with Crippen molar-refractivity contribution < 1.29 is 9.59 Å². The van der Waals surface area contributed by atoms with Crippen LogP contribution in [0.2, 0.25) is 0 Å². The smallest absolute Gasteiger partial charge is 0.289 e. The first-order valence-corrected chi connectivity index (χ1v) is 6.07. The lowest BCUT2D eigenvalue weighted by atomic mass is 10.1. The van der Waals surface area contributed by atoms with E-state index in [1.807, 2.05) is 13.0 Å². The fourth-order valence-electron chi connectivity index (χ4n) is 1.63. The minimum atomic E-state index is -0.549. The summed E-state index contributed by atoms with van der Waals surface area (Å²) in [7, 11) is 1.69. The van der Waals surface area contributed by atoms with E-state index in [2.05, 4.69) is 15.6 Å². The quantitative estimate of drug-likeness (QED) is 0.696. The van der Waals surface area contributed by atoms with Crippen molar-refractivity contribution in [1.82, 2.24) is 15.6 Å². The zero-order chi connectivity index (χ0) is 13.4. The molecule has 0 bridgehead atoms. The van der Waals surface area contributed by atoms with Gasteiger partial charge in [0.1, 0.15) is 0 Å². The predicted octanol–water partition coefficient (Wildman–Crippen LogP) is 0.655. The molecule has 0 aliphatic heterocycles. The van der Waals surface area contributed by atoms with Crippen molar-refractivity contribution in [3.63, 3.8) is 0 Å². The zero-order valence-electron chi connectivity index (χ0n) is 10.8. The van der Waals surface area contributed by atoms with Crippen LogP contribution >= 0.6 is 0 Å². The van der Waals surface area contributed by atoms with Gasteiger partial charge in [0, 0.05) is 18.9 Å². The molecule has 0 saturated heterocycles. The van der Waals surface area contributed by atoms with E-state index >= 15 is 0 Å². The van der Waals surface area contributed by atoms with Crippen LogP contribution < -0.4 is 10.6 Å². The van der Waals surface area contributed by atoms with Crippen LogP contribution in [0.15, 0.2) is 24.5 Å². The Morgan fingerprint density at radius 2 is 2.22 bits per heavy atom. The van der Waals surface area contributed by atoms with Gasteiger partial charge in [0.2, 0.25) is 5.78 Å². The molecule has 0 fully saturated rings. The van der Waals surface area contributed by atoms with Crippen LogP contribution in [0.1, 0.15) is 25.3 Å². The molecule has 0 radical (unpaired) electrons. The molecule has 2 N–H and O–H groups in total. The van der Waals surface area contributed by atoms with E-state index in [9.17, 15) is 9.59 Å². The highest BCUT2D eigenvalue weighted by Crippen LogP contribution is 1.99. The van der Waals surface area contributed by atoms with Gasteiger partial charge in [-0.3, -0.25) is 14.6 Å². The molecule has 1 amide bonds. The molecule has 18 heavy (non-hydrogen) atoms. The van der Waals surface area contributed by atoms with Crippen LogP contribution in [0.25, 0.3) is 0 Å². The molecule has 5 nitrogen and oxygen atoms in total. The van der Waals surface area contributed by atoms with Crippen LogP contribution in [-0.4, -0.2) is 29.8 Å². The third kappa shape index (κ3) is 4.25. The van der Waals surface area contributed by atoms with Gasteiger partial charge in [0.05, 0.1) is 6.04 Å². The summed E-state index contributed by atoms with van der Waals surface area (Å²) in [6.07, 6.45) is 4.84. The number of Topliss-reactive ketones (excluding diaryl/α,β-unsaturated/α-hetero) is 1. The number of nitrogens with zero attached hydrogens (tertiary/aromatic N) is 1. The van der Waals surface area contributed by atoms with Gasteiger partial charge in [-0.05, 0) is 25.1 Å². The van der Waals surface area contributed by atoms with Gasteiger partial charge in [-0.15, -0.1) is 0 Å². The monoisotopic (exact) mass is 249 g/mol. The molecule has 0 aliphatic rings. The first kappa shape index (κ1) is 14.3. The van der Waals surface area contributed by atoms with Gasteiger partial charge >= 0.3 is 0 Å². The van der Waals surface area contributed by atoms with Crippen LogP contribution in [0.4, 0.5) is 0 Å². The van der Waals surface area contributed by atoms with E-state index in [-0.39, 0.29) is 0 Å². The maximum absolute atomic E-state index is 11.8. The molecule has 1 aromatic heterocycles. The lowest BCUT2D eigenvalue weighted by Crippen LogP contribution is -2.43. The topological polar surface area (TPSA) is 71.1 Å². The number of ketones is 1. The Balaban J connectivity index is 2.47. The molecular weight excluding hydrogens is 230 g/mol. The fraction of sp³-hybridized carbons (Fsp3) is 0.462. The molecule has 0 aromatic carbocycles. The lowest BCUT2D eigenvalue weighted by molar-refractivity contribution is -0.139. The Hall–Kier alpha value is -1.75. The molecule has 1 unspecified atom stereocenters. The number of aromatic nitrogens is 1.